The molecule has 0 aliphatic carbocycles. The number of nitrogens with zero attached hydrogens (tertiary/aromatic N) is 1. The Bertz CT molecular complexity index is 266. The van der Waals surface area contributed by atoms with E-state index in [4.69, 9.17) is 5.73 Å². The van der Waals surface area contributed by atoms with Gasteiger partial charge in [0.05, 0.1) is 11.9 Å². The van der Waals surface area contributed by atoms with Crippen molar-refractivity contribution in [1.82, 2.24) is 4.98 Å². The number of aromatic nitrogens is 1. The average molecular weight is 193 g/mol. The normalized spacial score (nSPS) is 12.9. The number of nitrogens with one attached hydrogen (secondary N) is 1. The molecule has 0 aliphatic heterocycles. The molecule has 3 nitrogen and oxygen atoms in total. The highest BCUT2D eigenvalue weighted by atomic mass is 15.0. The molecular formula is C11H19N3. The molecule has 0 saturated carbocycles. The third kappa shape index (κ3) is 2.91. The third-order valence-electron chi connectivity index (χ3n) is 2.36. The summed E-state index contributed by atoms with van der Waals surface area (Å²) in [4.78, 5) is 4.21. The van der Waals surface area contributed by atoms with Gasteiger partial charge in [0.25, 0.3) is 0 Å². The van der Waals surface area contributed by atoms with Gasteiger partial charge in [-0.15, -0.1) is 0 Å². The Morgan fingerprint density at radius 1 is 1.43 bits per heavy atom. The molecule has 1 unspecified atom stereocenters. The summed E-state index contributed by atoms with van der Waals surface area (Å²) in [5.41, 5.74) is 6.26. The first-order valence-corrected chi connectivity index (χ1v) is 5.11. The van der Waals surface area contributed by atoms with Crippen molar-refractivity contribution >= 4 is 11.5 Å². The summed E-state index contributed by atoms with van der Waals surface area (Å²) in [6, 6.07) is 4.26. The molecular weight excluding hydrogens is 174 g/mol. The largest absolute Gasteiger partial charge is 0.397 e. The zero-order valence-electron chi connectivity index (χ0n) is 9.12. The zero-order chi connectivity index (χ0) is 10.6. The average Bonchev–Trinajstić information content (AvgIpc) is 2.16. The molecule has 0 bridgehead atoms. The van der Waals surface area contributed by atoms with Crippen LogP contribution in [0.15, 0.2) is 18.3 Å². The number of rotatable bonds is 4. The van der Waals surface area contributed by atoms with Gasteiger partial charge in [-0.2, -0.15) is 0 Å². The van der Waals surface area contributed by atoms with Gasteiger partial charge in [-0.25, -0.2) is 4.98 Å². The van der Waals surface area contributed by atoms with Crippen LogP contribution in [0, 0.1) is 5.92 Å². The van der Waals surface area contributed by atoms with Crippen LogP contribution in [-0.4, -0.2) is 11.0 Å². The van der Waals surface area contributed by atoms with Gasteiger partial charge in [0.1, 0.15) is 5.82 Å². The van der Waals surface area contributed by atoms with Crippen LogP contribution in [0.2, 0.25) is 0 Å². The number of hydrogen-bond donors (Lipinski definition) is 2. The van der Waals surface area contributed by atoms with E-state index in [1.165, 1.54) is 0 Å². The lowest BCUT2D eigenvalue weighted by atomic mass is 10.0. The minimum absolute atomic E-state index is 0.478. The van der Waals surface area contributed by atoms with Crippen molar-refractivity contribution < 1.29 is 0 Å². The second kappa shape index (κ2) is 4.84. The van der Waals surface area contributed by atoms with E-state index in [-0.39, 0.29) is 0 Å². The Hall–Kier alpha value is -1.25. The Kier molecular flexibility index (Phi) is 3.74. The van der Waals surface area contributed by atoms with Crippen LogP contribution in [0.3, 0.4) is 0 Å². The zero-order valence-corrected chi connectivity index (χ0v) is 9.12. The van der Waals surface area contributed by atoms with Gasteiger partial charge < -0.3 is 11.1 Å². The molecule has 0 amide bonds. The van der Waals surface area contributed by atoms with Gasteiger partial charge in [0, 0.05) is 6.04 Å². The Balaban J connectivity index is 2.63. The molecule has 3 N–H and O–H groups in total. The van der Waals surface area contributed by atoms with Crippen LogP contribution in [-0.2, 0) is 0 Å². The number of pyridine rings is 1. The highest BCUT2D eigenvalue weighted by Gasteiger charge is 2.10. The van der Waals surface area contributed by atoms with Crippen LogP contribution in [0.5, 0.6) is 0 Å². The number of nitrogen functional groups attached to an aromatic ring is 1. The van der Waals surface area contributed by atoms with Crippen LogP contribution in [0.4, 0.5) is 11.5 Å². The molecule has 0 radical (unpaired) electrons. The Morgan fingerprint density at radius 2 is 2.14 bits per heavy atom. The molecule has 1 heterocycles. The monoisotopic (exact) mass is 193 g/mol. The summed E-state index contributed by atoms with van der Waals surface area (Å²) < 4.78 is 0. The van der Waals surface area contributed by atoms with E-state index in [9.17, 15) is 0 Å². The van der Waals surface area contributed by atoms with E-state index in [0.717, 1.165) is 12.2 Å². The van der Waals surface area contributed by atoms with Crippen LogP contribution in [0.25, 0.3) is 0 Å². The molecule has 0 aliphatic rings. The van der Waals surface area contributed by atoms with Crippen molar-refractivity contribution in [3.63, 3.8) is 0 Å². The maximum Gasteiger partial charge on any atom is 0.126 e. The maximum atomic E-state index is 5.56. The Morgan fingerprint density at radius 3 is 2.57 bits per heavy atom. The van der Waals surface area contributed by atoms with E-state index < -0.39 is 0 Å². The van der Waals surface area contributed by atoms with E-state index in [0.29, 0.717) is 17.6 Å². The van der Waals surface area contributed by atoms with Crippen molar-refractivity contribution in [2.24, 2.45) is 5.92 Å². The second-order valence-corrected chi connectivity index (χ2v) is 3.88. The first-order chi connectivity index (χ1) is 6.63. The smallest absolute Gasteiger partial charge is 0.126 e. The molecule has 3 heteroatoms. The van der Waals surface area contributed by atoms with E-state index in [1.807, 2.05) is 12.1 Å². The van der Waals surface area contributed by atoms with Crippen molar-refractivity contribution in [3.8, 4) is 0 Å². The summed E-state index contributed by atoms with van der Waals surface area (Å²) >= 11 is 0. The third-order valence-corrected chi connectivity index (χ3v) is 2.36. The summed E-state index contributed by atoms with van der Waals surface area (Å²) in [5.74, 6) is 1.51. The molecule has 78 valence electrons. The second-order valence-electron chi connectivity index (χ2n) is 3.88. The fourth-order valence-electron chi connectivity index (χ4n) is 1.42. The van der Waals surface area contributed by atoms with Gasteiger partial charge in [-0.1, -0.05) is 20.8 Å². The summed E-state index contributed by atoms with van der Waals surface area (Å²) in [6.45, 7) is 6.59. The fraction of sp³-hybridized carbons (Fsp3) is 0.545. The molecule has 0 fully saturated rings. The maximum absolute atomic E-state index is 5.56. The molecule has 14 heavy (non-hydrogen) atoms. The van der Waals surface area contributed by atoms with Crippen molar-refractivity contribution in [1.29, 1.82) is 0 Å². The van der Waals surface area contributed by atoms with Crippen molar-refractivity contribution in [2.45, 2.75) is 33.2 Å². The van der Waals surface area contributed by atoms with E-state index in [1.54, 1.807) is 6.20 Å². The Labute approximate surface area is 85.7 Å². The standard InChI is InChI=1S/C11H19N3/c1-4-10(8(2)3)14-11-6-5-9(12)7-13-11/h5-8,10H,4,12H2,1-3H3,(H,13,14). The minimum Gasteiger partial charge on any atom is -0.397 e. The SMILES string of the molecule is CCC(Nc1ccc(N)cn1)C(C)C. The summed E-state index contributed by atoms with van der Waals surface area (Å²) in [5, 5.41) is 3.39. The van der Waals surface area contributed by atoms with Crippen molar-refractivity contribution in [2.75, 3.05) is 11.1 Å². The molecule has 1 atom stereocenters. The van der Waals surface area contributed by atoms with E-state index >= 15 is 0 Å². The van der Waals surface area contributed by atoms with Crippen LogP contribution < -0.4 is 11.1 Å². The van der Waals surface area contributed by atoms with Gasteiger partial charge in [-0.3, -0.25) is 0 Å². The molecule has 0 saturated heterocycles. The highest BCUT2D eigenvalue weighted by molar-refractivity contribution is 5.44. The molecule has 1 aromatic heterocycles. The molecule has 0 spiro atoms. The number of nitrogens with two attached hydrogens (primary N) is 1. The lowest BCUT2D eigenvalue weighted by molar-refractivity contribution is 0.510. The predicted octanol–water partition coefficient (Wildman–Crippen LogP) is 2.51. The quantitative estimate of drug-likeness (QED) is 0.772. The number of hydrogen-bond acceptors (Lipinski definition) is 3. The number of anilines is 2. The first kappa shape index (κ1) is 10.8. The lowest BCUT2D eigenvalue weighted by Gasteiger charge is -2.21. The van der Waals surface area contributed by atoms with Gasteiger partial charge in [0.2, 0.25) is 0 Å². The molecule has 0 aromatic carbocycles. The van der Waals surface area contributed by atoms with Crippen molar-refractivity contribution in [3.05, 3.63) is 18.3 Å². The predicted molar refractivity (Wildman–Crippen MR) is 61.2 cm³/mol. The van der Waals surface area contributed by atoms with Gasteiger partial charge in [-0.05, 0) is 24.5 Å². The van der Waals surface area contributed by atoms with Gasteiger partial charge >= 0.3 is 0 Å². The fourth-order valence-corrected chi connectivity index (χ4v) is 1.42. The molecule has 1 rings (SSSR count). The van der Waals surface area contributed by atoms with Crippen LogP contribution in [0.1, 0.15) is 27.2 Å². The topological polar surface area (TPSA) is 50.9 Å². The lowest BCUT2D eigenvalue weighted by Crippen LogP contribution is -2.25. The van der Waals surface area contributed by atoms with Gasteiger partial charge in [0.15, 0.2) is 0 Å². The molecule has 1 aromatic rings. The summed E-state index contributed by atoms with van der Waals surface area (Å²) in [6.07, 6.45) is 2.78. The first-order valence-electron chi connectivity index (χ1n) is 5.11. The minimum atomic E-state index is 0.478. The summed E-state index contributed by atoms with van der Waals surface area (Å²) in [7, 11) is 0. The highest BCUT2D eigenvalue weighted by Crippen LogP contribution is 2.13. The van der Waals surface area contributed by atoms with Crippen LogP contribution >= 0.6 is 0 Å². The van der Waals surface area contributed by atoms with E-state index in [2.05, 4.69) is 31.1 Å².